The summed E-state index contributed by atoms with van der Waals surface area (Å²) in [5.41, 5.74) is 5.38. The molecule has 2 atom stereocenters. The van der Waals surface area contributed by atoms with Crippen LogP contribution in [0.1, 0.15) is 232 Å². The van der Waals surface area contributed by atoms with Crippen LogP contribution in [0.15, 0.2) is 24.3 Å². The number of allylic oxidation sites excluding steroid dienone is 4. The monoisotopic (exact) mass is 814 g/mol. The zero-order chi connectivity index (χ0) is 40.9. The summed E-state index contributed by atoms with van der Waals surface area (Å²) >= 11 is 0. The van der Waals surface area contributed by atoms with Gasteiger partial charge in [-0.15, -0.1) is 0 Å². The molecule has 0 spiro atoms. The topological polar surface area (TPSA) is 117 Å². The van der Waals surface area contributed by atoms with Gasteiger partial charge in [-0.25, -0.2) is 4.57 Å². The molecule has 0 rings (SSSR count). The van der Waals surface area contributed by atoms with Crippen molar-refractivity contribution in [2.24, 2.45) is 5.73 Å². The number of carbonyl (C=O) groups is 1. The number of hydrogen-bond donors (Lipinski definition) is 2. The summed E-state index contributed by atoms with van der Waals surface area (Å²) in [7, 11) is -4.28. The maximum absolute atomic E-state index is 12.6. The highest BCUT2D eigenvalue weighted by Crippen LogP contribution is 2.43. The molecule has 0 amide bonds. The Morgan fingerprint density at radius 3 is 1.46 bits per heavy atom. The Morgan fingerprint density at radius 1 is 0.536 bits per heavy atom. The van der Waals surface area contributed by atoms with Gasteiger partial charge < -0.3 is 20.1 Å². The van der Waals surface area contributed by atoms with Gasteiger partial charge in [-0.3, -0.25) is 13.8 Å². The second-order valence-electron chi connectivity index (χ2n) is 16.0. The Kier molecular flexibility index (Phi) is 44.3. The molecule has 2 unspecified atom stereocenters. The van der Waals surface area contributed by atoms with Crippen LogP contribution in [-0.4, -0.2) is 49.9 Å². The zero-order valence-corrected chi connectivity index (χ0v) is 37.8. The fourth-order valence-corrected chi connectivity index (χ4v) is 7.63. The Hall–Kier alpha value is -1.02. The van der Waals surface area contributed by atoms with Gasteiger partial charge in [-0.05, 0) is 38.5 Å². The third-order valence-electron chi connectivity index (χ3n) is 10.4. The first-order chi connectivity index (χ1) is 27.4. The van der Waals surface area contributed by atoms with E-state index < -0.39 is 13.9 Å². The van der Waals surface area contributed by atoms with Crippen molar-refractivity contribution in [1.82, 2.24) is 0 Å². The number of phosphoric acid groups is 1. The van der Waals surface area contributed by atoms with Crippen LogP contribution in [0.4, 0.5) is 0 Å². The van der Waals surface area contributed by atoms with Crippen molar-refractivity contribution in [1.29, 1.82) is 0 Å². The summed E-state index contributed by atoms with van der Waals surface area (Å²) < 4.78 is 33.5. The van der Waals surface area contributed by atoms with Gasteiger partial charge >= 0.3 is 13.8 Å². The van der Waals surface area contributed by atoms with Crippen LogP contribution in [0.2, 0.25) is 0 Å². The number of esters is 1. The maximum Gasteiger partial charge on any atom is 0.472 e. The van der Waals surface area contributed by atoms with Crippen molar-refractivity contribution in [2.45, 2.75) is 238 Å². The van der Waals surface area contributed by atoms with Crippen LogP contribution in [0.3, 0.4) is 0 Å². The Labute approximate surface area is 346 Å². The average molecular weight is 814 g/mol. The lowest BCUT2D eigenvalue weighted by Gasteiger charge is -2.20. The van der Waals surface area contributed by atoms with Gasteiger partial charge in [0.1, 0.15) is 6.10 Å². The molecule has 0 aromatic carbocycles. The van der Waals surface area contributed by atoms with E-state index in [2.05, 4.69) is 38.2 Å². The van der Waals surface area contributed by atoms with Crippen LogP contribution in [0, 0.1) is 0 Å². The van der Waals surface area contributed by atoms with Gasteiger partial charge in [0.25, 0.3) is 0 Å². The molecule has 0 saturated carbocycles. The number of ether oxygens (including phenoxy) is 2. The summed E-state index contributed by atoms with van der Waals surface area (Å²) in [6, 6.07) is 0. The van der Waals surface area contributed by atoms with Gasteiger partial charge in [-0.2, -0.15) is 0 Å². The molecule has 0 aliphatic carbocycles. The zero-order valence-electron chi connectivity index (χ0n) is 36.9. The maximum atomic E-state index is 12.6. The third-order valence-corrected chi connectivity index (χ3v) is 11.3. The number of carbonyl (C=O) groups excluding carboxylic acids is 1. The average Bonchev–Trinajstić information content (AvgIpc) is 3.19. The van der Waals surface area contributed by atoms with E-state index in [0.717, 1.165) is 44.9 Å². The molecule has 0 aliphatic heterocycles. The molecular formula is C47H92NO7P. The third kappa shape index (κ3) is 44.1. The van der Waals surface area contributed by atoms with E-state index in [1.165, 1.54) is 167 Å². The fraction of sp³-hybridized carbons (Fsp3) is 0.894. The van der Waals surface area contributed by atoms with Gasteiger partial charge in [0.15, 0.2) is 0 Å². The molecule has 3 N–H and O–H groups in total. The first kappa shape index (κ1) is 55.0. The van der Waals surface area contributed by atoms with E-state index in [4.69, 9.17) is 24.3 Å². The van der Waals surface area contributed by atoms with E-state index in [1.807, 2.05) is 0 Å². The largest absolute Gasteiger partial charge is 0.472 e. The molecule has 0 fully saturated rings. The Morgan fingerprint density at radius 2 is 0.982 bits per heavy atom. The lowest BCUT2D eigenvalue weighted by Crippen LogP contribution is -2.28. The van der Waals surface area contributed by atoms with Gasteiger partial charge in [0, 0.05) is 19.6 Å². The summed E-state index contributed by atoms with van der Waals surface area (Å²) in [5.74, 6) is -0.329. The van der Waals surface area contributed by atoms with Crippen molar-refractivity contribution in [3.63, 3.8) is 0 Å². The lowest BCUT2D eigenvalue weighted by molar-refractivity contribution is -0.154. The number of rotatable bonds is 46. The van der Waals surface area contributed by atoms with Gasteiger partial charge in [0.05, 0.1) is 19.8 Å². The molecule has 9 heteroatoms. The summed E-state index contributed by atoms with van der Waals surface area (Å²) in [6.07, 6.45) is 50.7. The van der Waals surface area contributed by atoms with E-state index in [9.17, 15) is 14.3 Å². The predicted molar refractivity (Wildman–Crippen MR) is 238 cm³/mol. The van der Waals surface area contributed by atoms with E-state index in [0.29, 0.717) is 13.0 Å². The van der Waals surface area contributed by atoms with Crippen molar-refractivity contribution >= 4 is 13.8 Å². The normalized spacial score (nSPS) is 13.6. The molecule has 0 aromatic rings. The van der Waals surface area contributed by atoms with Gasteiger partial charge in [0.2, 0.25) is 0 Å². The fourth-order valence-electron chi connectivity index (χ4n) is 6.86. The molecule has 0 heterocycles. The van der Waals surface area contributed by atoms with Crippen molar-refractivity contribution in [2.75, 3.05) is 33.0 Å². The molecule has 56 heavy (non-hydrogen) atoms. The summed E-state index contributed by atoms with van der Waals surface area (Å²) in [4.78, 5) is 22.5. The Bertz CT molecular complexity index is 915. The van der Waals surface area contributed by atoms with Crippen molar-refractivity contribution in [3.8, 4) is 0 Å². The highest BCUT2D eigenvalue weighted by atomic mass is 31.2. The molecule has 0 aromatic heterocycles. The van der Waals surface area contributed by atoms with Crippen LogP contribution in [0.5, 0.6) is 0 Å². The number of phosphoric ester groups is 1. The van der Waals surface area contributed by atoms with E-state index in [-0.39, 0.29) is 32.3 Å². The minimum atomic E-state index is -4.28. The van der Waals surface area contributed by atoms with Crippen LogP contribution in [0.25, 0.3) is 0 Å². The molecular weight excluding hydrogens is 721 g/mol. The summed E-state index contributed by atoms with van der Waals surface area (Å²) in [5, 5.41) is 0. The number of unbranched alkanes of at least 4 members (excludes halogenated alkanes) is 29. The molecule has 0 bridgehead atoms. The Balaban J connectivity index is 3.90. The predicted octanol–water partition coefficient (Wildman–Crippen LogP) is 14.4. The smallest absolute Gasteiger partial charge is 0.457 e. The highest BCUT2D eigenvalue weighted by molar-refractivity contribution is 7.47. The quantitative estimate of drug-likeness (QED) is 0.0270. The number of nitrogens with two attached hydrogens (primary N) is 1. The second kappa shape index (κ2) is 45.1. The minimum Gasteiger partial charge on any atom is -0.457 e. The second-order valence-corrected chi connectivity index (χ2v) is 17.4. The summed E-state index contributed by atoms with van der Waals surface area (Å²) in [6.45, 7) is 4.88. The van der Waals surface area contributed by atoms with Crippen LogP contribution in [-0.2, 0) is 27.9 Å². The van der Waals surface area contributed by atoms with Gasteiger partial charge in [-0.1, -0.05) is 212 Å². The van der Waals surface area contributed by atoms with Crippen LogP contribution >= 0.6 is 7.82 Å². The van der Waals surface area contributed by atoms with Crippen LogP contribution < -0.4 is 5.73 Å². The number of hydrogen-bond acceptors (Lipinski definition) is 7. The molecule has 8 nitrogen and oxygen atoms in total. The van der Waals surface area contributed by atoms with E-state index in [1.54, 1.807) is 0 Å². The molecule has 0 saturated heterocycles. The standard InChI is InChI=1S/C47H92NO7P/c1-3-5-7-9-11-13-15-17-19-20-21-22-23-24-25-26-27-28-30-32-34-36-38-40-47(49)55-46(45-54-56(50,51)53-43-41-48)44-52-42-39-37-35-33-31-29-18-16-14-12-10-8-6-4-2/h8,10,14,16,46H,3-7,9,11-13,15,17-45,48H2,1-2H3,(H,50,51)/b10-8-,16-14-. The highest BCUT2D eigenvalue weighted by Gasteiger charge is 2.25. The lowest BCUT2D eigenvalue weighted by atomic mass is 10.0. The van der Waals surface area contributed by atoms with E-state index >= 15 is 0 Å². The van der Waals surface area contributed by atoms with Crippen molar-refractivity contribution in [3.05, 3.63) is 24.3 Å². The molecule has 332 valence electrons. The SMILES string of the molecule is CCC/C=C\C/C=C\CCCCCCCCOCC(COP(=O)(O)OCCN)OC(=O)CCCCCCCCCCCCCCCCCCCCCCCCC. The molecule has 0 radical (unpaired) electrons. The van der Waals surface area contributed by atoms with Crippen molar-refractivity contribution < 1.29 is 32.8 Å². The first-order valence-electron chi connectivity index (χ1n) is 23.8. The first-order valence-corrected chi connectivity index (χ1v) is 25.3. The molecule has 0 aliphatic rings. The minimum absolute atomic E-state index is 0.0955.